The lowest BCUT2D eigenvalue weighted by Crippen LogP contribution is -2.45. The summed E-state index contributed by atoms with van der Waals surface area (Å²) in [4.78, 5) is 13.0. The molecule has 2 atom stereocenters. The number of carbonyl (C=O) groups excluding carboxylic acids is 1. The van der Waals surface area contributed by atoms with Gasteiger partial charge in [0, 0.05) is 17.0 Å². The Morgan fingerprint density at radius 1 is 1.29 bits per heavy atom. The molecule has 5 heteroatoms. The van der Waals surface area contributed by atoms with Crippen LogP contribution in [0.25, 0.3) is 0 Å². The molecule has 1 N–H and O–H groups in total. The van der Waals surface area contributed by atoms with Crippen LogP contribution in [0.1, 0.15) is 56.3 Å². The fourth-order valence-electron chi connectivity index (χ4n) is 3.54. The molecular weight excluding hydrogens is 374 g/mol. The van der Waals surface area contributed by atoms with Crippen LogP contribution in [0.3, 0.4) is 0 Å². The summed E-state index contributed by atoms with van der Waals surface area (Å²) in [6, 6.07) is 11.4. The van der Waals surface area contributed by atoms with E-state index in [9.17, 15) is 4.79 Å². The van der Waals surface area contributed by atoms with E-state index in [1.165, 1.54) is 0 Å². The van der Waals surface area contributed by atoms with Crippen molar-refractivity contribution in [2.24, 2.45) is 0 Å². The lowest BCUT2D eigenvalue weighted by molar-refractivity contribution is -0.129. The first-order valence-electron chi connectivity index (χ1n) is 9.71. The normalized spacial score (nSPS) is 18.6. The minimum atomic E-state index is -0.570. The number of fused-ring (bicyclic) bond motifs is 1. The van der Waals surface area contributed by atoms with Gasteiger partial charge >= 0.3 is 0 Å². The van der Waals surface area contributed by atoms with Crippen molar-refractivity contribution in [3.05, 3.63) is 58.1 Å². The maximum absolute atomic E-state index is 13.0. The zero-order valence-electron chi connectivity index (χ0n) is 17.1. The highest BCUT2D eigenvalue weighted by atomic mass is 35.5. The second kappa shape index (κ2) is 8.04. The van der Waals surface area contributed by atoms with Crippen molar-refractivity contribution < 1.29 is 14.3 Å². The van der Waals surface area contributed by atoms with Crippen molar-refractivity contribution in [2.75, 3.05) is 0 Å². The van der Waals surface area contributed by atoms with Gasteiger partial charge in [0.05, 0.1) is 6.04 Å². The number of ether oxygens (including phenoxy) is 2. The number of benzene rings is 2. The van der Waals surface area contributed by atoms with Gasteiger partial charge in [-0.05, 0) is 63.9 Å². The van der Waals surface area contributed by atoms with Crippen molar-refractivity contribution in [2.45, 2.75) is 65.2 Å². The first kappa shape index (κ1) is 20.5. The van der Waals surface area contributed by atoms with Crippen LogP contribution in [0.5, 0.6) is 11.5 Å². The average Bonchev–Trinajstić information content (AvgIpc) is 2.62. The van der Waals surface area contributed by atoms with Crippen molar-refractivity contribution in [1.82, 2.24) is 5.32 Å². The molecule has 0 bridgehead atoms. The minimum absolute atomic E-state index is 0.115. The summed E-state index contributed by atoms with van der Waals surface area (Å²) in [5.41, 5.74) is 2.73. The van der Waals surface area contributed by atoms with Gasteiger partial charge in [-0.15, -0.1) is 0 Å². The summed E-state index contributed by atoms with van der Waals surface area (Å²) in [6.07, 6.45) is 0.701. The summed E-state index contributed by atoms with van der Waals surface area (Å²) >= 11 is 6.08. The molecule has 1 heterocycles. The lowest BCUT2D eigenvalue weighted by Gasteiger charge is -2.38. The second-order valence-electron chi connectivity index (χ2n) is 8.09. The van der Waals surface area contributed by atoms with Crippen molar-refractivity contribution >= 4 is 17.5 Å². The molecule has 0 aromatic heterocycles. The quantitative estimate of drug-likeness (QED) is 0.716. The first-order chi connectivity index (χ1) is 13.2. The molecule has 150 valence electrons. The minimum Gasteiger partial charge on any atom is -0.487 e. The molecule has 0 radical (unpaired) electrons. The molecule has 0 aliphatic carbocycles. The Bertz CT molecular complexity index is 878. The molecule has 2 aromatic carbocycles. The standard InChI is InChI=1S/C23H28ClNO3/c1-6-20(27-16-8-9-18(24)15(3)12-16)22(26)25-19-13-23(4,5)28-21-10-7-14(2)11-17(19)21/h7-12,19-20H,6,13H2,1-5H3,(H,25,26). The van der Waals surface area contributed by atoms with Crippen molar-refractivity contribution in [1.29, 1.82) is 0 Å². The topological polar surface area (TPSA) is 47.6 Å². The van der Waals surface area contributed by atoms with Crippen LogP contribution in [0.15, 0.2) is 36.4 Å². The van der Waals surface area contributed by atoms with E-state index < -0.39 is 6.10 Å². The molecule has 1 aliphatic rings. The summed E-state index contributed by atoms with van der Waals surface area (Å²) in [6.45, 7) is 9.98. The monoisotopic (exact) mass is 401 g/mol. The third-order valence-electron chi connectivity index (χ3n) is 5.01. The number of halogens is 1. The number of hydrogen-bond donors (Lipinski definition) is 1. The SMILES string of the molecule is CCC(Oc1ccc(Cl)c(C)c1)C(=O)NC1CC(C)(C)Oc2ccc(C)cc21. The van der Waals surface area contributed by atoms with Gasteiger partial charge in [-0.2, -0.15) is 0 Å². The highest BCUT2D eigenvalue weighted by molar-refractivity contribution is 6.31. The molecule has 0 spiro atoms. The van der Waals surface area contributed by atoms with Crippen LogP contribution < -0.4 is 14.8 Å². The predicted octanol–water partition coefficient (Wildman–Crippen LogP) is 5.53. The maximum Gasteiger partial charge on any atom is 0.261 e. The Hall–Kier alpha value is -2.20. The fourth-order valence-corrected chi connectivity index (χ4v) is 3.66. The summed E-state index contributed by atoms with van der Waals surface area (Å²) < 4.78 is 12.1. The number of hydrogen-bond acceptors (Lipinski definition) is 3. The zero-order valence-corrected chi connectivity index (χ0v) is 17.9. The van der Waals surface area contributed by atoms with Crippen molar-refractivity contribution in [3.8, 4) is 11.5 Å². The van der Waals surface area contributed by atoms with E-state index in [0.29, 0.717) is 23.6 Å². The van der Waals surface area contributed by atoms with Crippen LogP contribution in [-0.4, -0.2) is 17.6 Å². The van der Waals surface area contributed by atoms with Gasteiger partial charge < -0.3 is 14.8 Å². The highest BCUT2D eigenvalue weighted by Crippen LogP contribution is 2.40. The molecule has 0 saturated heterocycles. The Morgan fingerprint density at radius 2 is 2.04 bits per heavy atom. The van der Waals surface area contributed by atoms with E-state index in [1.54, 1.807) is 12.1 Å². The van der Waals surface area contributed by atoms with E-state index in [4.69, 9.17) is 21.1 Å². The number of amides is 1. The third-order valence-corrected chi connectivity index (χ3v) is 5.43. The molecule has 1 amide bonds. The van der Waals surface area contributed by atoms with Crippen LogP contribution in [-0.2, 0) is 4.79 Å². The van der Waals surface area contributed by atoms with Gasteiger partial charge in [-0.1, -0.05) is 36.2 Å². The van der Waals surface area contributed by atoms with Gasteiger partial charge in [-0.25, -0.2) is 0 Å². The van der Waals surface area contributed by atoms with Gasteiger partial charge in [0.2, 0.25) is 0 Å². The molecule has 1 aliphatic heterocycles. The molecule has 28 heavy (non-hydrogen) atoms. The van der Waals surface area contributed by atoms with Gasteiger partial charge in [-0.3, -0.25) is 4.79 Å². The van der Waals surface area contributed by atoms with E-state index in [2.05, 4.69) is 11.4 Å². The smallest absolute Gasteiger partial charge is 0.261 e. The fraction of sp³-hybridized carbons (Fsp3) is 0.435. The average molecular weight is 402 g/mol. The van der Waals surface area contributed by atoms with E-state index in [0.717, 1.165) is 22.4 Å². The molecule has 0 saturated carbocycles. The van der Waals surface area contributed by atoms with Crippen LogP contribution >= 0.6 is 11.6 Å². The van der Waals surface area contributed by atoms with E-state index in [1.807, 2.05) is 52.8 Å². The zero-order chi connectivity index (χ0) is 20.5. The van der Waals surface area contributed by atoms with Gasteiger partial charge in [0.1, 0.15) is 17.1 Å². The summed E-state index contributed by atoms with van der Waals surface area (Å²) in [7, 11) is 0. The predicted molar refractivity (Wildman–Crippen MR) is 112 cm³/mol. The van der Waals surface area contributed by atoms with Gasteiger partial charge in [0.15, 0.2) is 6.10 Å². The third kappa shape index (κ3) is 4.61. The van der Waals surface area contributed by atoms with Gasteiger partial charge in [0.25, 0.3) is 5.91 Å². The number of carbonyl (C=O) groups is 1. The van der Waals surface area contributed by atoms with Crippen LogP contribution in [0.4, 0.5) is 0 Å². The van der Waals surface area contributed by atoms with Crippen molar-refractivity contribution in [3.63, 3.8) is 0 Å². The summed E-state index contributed by atoms with van der Waals surface area (Å²) in [5, 5.41) is 3.87. The maximum atomic E-state index is 13.0. The number of rotatable bonds is 5. The molecule has 0 fully saturated rings. The van der Waals surface area contributed by atoms with E-state index in [-0.39, 0.29) is 17.6 Å². The highest BCUT2D eigenvalue weighted by Gasteiger charge is 2.35. The lowest BCUT2D eigenvalue weighted by atomic mass is 9.88. The molecule has 2 unspecified atom stereocenters. The molecule has 3 rings (SSSR count). The summed E-state index contributed by atoms with van der Waals surface area (Å²) in [5.74, 6) is 1.35. The number of aryl methyl sites for hydroxylation is 2. The Morgan fingerprint density at radius 3 is 2.71 bits per heavy atom. The van der Waals surface area contributed by atoms with Crippen LogP contribution in [0.2, 0.25) is 5.02 Å². The number of nitrogens with one attached hydrogen (secondary N) is 1. The molecule has 4 nitrogen and oxygen atoms in total. The largest absolute Gasteiger partial charge is 0.487 e. The second-order valence-corrected chi connectivity index (χ2v) is 8.50. The Labute approximate surface area is 172 Å². The Balaban J connectivity index is 1.78. The molecule has 2 aromatic rings. The van der Waals surface area contributed by atoms with E-state index >= 15 is 0 Å². The van der Waals surface area contributed by atoms with Crippen LogP contribution in [0, 0.1) is 13.8 Å². The first-order valence-corrected chi connectivity index (χ1v) is 10.1. The molecular formula is C23H28ClNO3. The Kier molecular flexibility index (Phi) is 5.90.